The summed E-state index contributed by atoms with van der Waals surface area (Å²) >= 11 is 0. The van der Waals surface area contributed by atoms with Gasteiger partial charge in [0.15, 0.2) is 0 Å². The smallest absolute Gasteiger partial charge is 0.237 e. The van der Waals surface area contributed by atoms with Gasteiger partial charge < -0.3 is 10.2 Å². The number of rotatable bonds is 8. The van der Waals surface area contributed by atoms with Gasteiger partial charge in [0, 0.05) is 6.54 Å². The molecule has 1 amide bonds. The summed E-state index contributed by atoms with van der Waals surface area (Å²) in [6.45, 7) is 5.55. The molecule has 3 nitrogen and oxygen atoms in total. The first-order valence-electron chi connectivity index (χ1n) is 7.23. The van der Waals surface area contributed by atoms with Gasteiger partial charge in [-0.15, -0.1) is 0 Å². The van der Waals surface area contributed by atoms with E-state index in [0.29, 0.717) is 6.54 Å². The number of unbranched alkanes of at least 4 members (excludes halogenated alkanes) is 1. The molecule has 0 aliphatic carbocycles. The maximum absolute atomic E-state index is 12.3. The third-order valence-electron chi connectivity index (χ3n) is 3.35. The molecule has 0 bridgehead atoms. The van der Waals surface area contributed by atoms with Gasteiger partial charge in [-0.25, -0.2) is 0 Å². The maximum atomic E-state index is 12.3. The van der Waals surface area contributed by atoms with E-state index < -0.39 is 0 Å². The molecule has 1 atom stereocenters. The molecule has 19 heavy (non-hydrogen) atoms. The standard InChI is InChI=1S/C16H26N2O/c1-4-6-12-18(16(19)13-17-3)15(5-2)14-10-8-7-9-11-14/h7-11,15,17H,4-6,12-13H2,1-3H3. The van der Waals surface area contributed by atoms with Crippen LogP contribution in [0, 0.1) is 0 Å². The molecule has 0 aliphatic heterocycles. The quantitative estimate of drug-likeness (QED) is 0.781. The molecule has 106 valence electrons. The number of benzene rings is 1. The molecule has 0 spiro atoms. The Morgan fingerprint density at radius 2 is 1.95 bits per heavy atom. The van der Waals surface area contributed by atoms with Gasteiger partial charge in [0.05, 0.1) is 12.6 Å². The molecule has 1 N–H and O–H groups in total. The topological polar surface area (TPSA) is 32.3 Å². The van der Waals surface area contributed by atoms with Gasteiger partial charge >= 0.3 is 0 Å². The van der Waals surface area contributed by atoms with Crippen LogP contribution in [0.2, 0.25) is 0 Å². The molecule has 0 radical (unpaired) electrons. The van der Waals surface area contributed by atoms with Crippen LogP contribution in [0.4, 0.5) is 0 Å². The molecule has 1 rings (SSSR count). The molecular formula is C16H26N2O. The van der Waals surface area contributed by atoms with Gasteiger partial charge in [0.2, 0.25) is 5.91 Å². The summed E-state index contributed by atoms with van der Waals surface area (Å²) in [5.74, 6) is 0.187. The van der Waals surface area contributed by atoms with Crippen molar-refractivity contribution < 1.29 is 4.79 Å². The number of nitrogens with zero attached hydrogens (tertiary/aromatic N) is 1. The average Bonchev–Trinajstić information content (AvgIpc) is 2.44. The van der Waals surface area contributed by atoms with E-state index in [1.165, 1.54) is 5.56 Å². The van der Waals surface area contributed by atoms with E-state index in [0.717, 1.165) is 25.8 Å². The largest absolute Gasteiger partial charge is 0.335 e. The molecular weight excluding hydrogens is 236 g/mol. The highest BCUT2D eigenvalue weighted by molar-refractivity contribution is 5.78. The first-order chi connectivity index (χ1) is 9.24. The summed E-state index contributed by atoms with van der Waals surface area (Å²) in [6.07, 6.45) is 3.11. The minimum absolute atomic E-state index is 0.187. The van der Waals surface area contributed by atoms with Crippen LogP contribution in [-0.4, -0.2) is 30.9 Å². The molecule has 1 unspecified atom stereocenters. The van der Waals surface area contributed by atoms with Crippen molar-refractivity contribution in [2.75, 3.05) is 20.1 Å². The van der Waals surface area contributed by atoms with Crippen molar-refractivity contribution in [1.82, 2.24) is 10.2 Å². The Labute approximate surface area is 117 Å². The first kappa shape index (κ1) is 15.7. The lowest BCUT2D eigenvalue weighted by molar-refractivity contribution is -0.132. The molecule has 0 heterocycles. The van der Waals surface area contributed by atoms with E-state index in [4.69, 9.17) is 0 Å². The number of likely N-dealkylation sites (N-methyl/N-ethyl adjacent to an activating group) is 1. The van der Waals surface area contributed by atoms with Crippen molar-refractivity contribution in [2.24, 2.45) is 0 Å². The van der Waals surface area contributed by atoms with Gasteiger partial charge in [0.25, 0.3) is 0 Å². The highest BCUT2D eigenvalue weighted by Crippen LogP contribution is 2.24. The number of hydrogen-bond acceptors (Lipinski definition) is 2. The molecule has 1 aromatic carbocycles. The number of carbonyl (C=O) groups excluding carboxylic acids is 1. The van der Waals surface area contributed by atoms with Crippen LogP contribution in [0.15, 0.2) is 30.3 Å². The fourth-order valence-corrected chi connectivity index (χ4v) is 2.35. The first-order valence-corrected chi connectivity index (χ1v) is 7.23. The summed E-state index contributed by atoms with van der Waals surface area (Å²) < 4.78 is 0. The van der Waals surface area contributed by atoms with Crippen LogP contribution >= 0.6 is 0 Å². The number of nitrogens with one attached hydrogen (secondary N) is 1. The van der Waals surface area contributed by atoms with E-state index in [-0.39, 0.29) is 11.9 Å². The predicted octanol–water partition coefficient (Wildman–Crippen LogP) is 2.99. The van der Waals surface area contributed by atoms with E-state index in [9.17, 15) is 4.79 Å². The zero-order chi connectivity index (χ0) is 14.1. The lowest BCUT2D eigenvalue weighted by Crippen LogP contribution is -2.40. The molecule has 1 aromatic rings. The molecule has 0 saturated heterocycles. The number of amides is 1. The zero-order valence-electron chi connectivity index (χ0n) is 12.4. The van der Waals surface area contributed by atoms with E-state index in [1.54, 1.807) is 0 Å². The van der Waals surface area contributed by atoms with Gasteiger partial charge in [-0.1, -0.05) is 50.6 Å². The Morgan fingerprint density at radius 3 is 2.47 bits per heavy atom. The van der Waals surface area contributed by atoms with Gasteiger partial charge in [-0.2, -0.15) is 0 Å². The Hall–Kier alpha value is -1.35. The molecule has 0 aliphatic rings. The Morgan fingerprint density at radius 1 is 1.26 bits per heavy atom. The summed E-state index contributed by atoms with van der Waals surface area (Å²) in [4.78, 5) is 14.3. The van der Waals surface area contributed by atoms with Gasteiger partial charge in [-0.05, 0) is 25.5 Å². The third kappa shape index (κ3) is 4.67. The van der Waals surface area contributed by atoms with E-state index in [1.807, 2.05) is 30.1 Å². The summed E-state index contributed by atoms with van der Waals surface area (Å²) in [5.41, 5.74) is 1.23. The number of carbonyl (C=O) groups is 1. The van der Waals surface area contributed by atoms with Crippen molar-refractivity contribution in [2.45, 2.75) is 39.2 Å². The normalized spacial score (nSPS) is 12.2. The van der Waals surface area contributed by atoms with Crippen LogP contribution in [-0.2, 0) is 4.79 Å². The van der Waals surface area contributed by atoms with Crippen molar-refractivity contribution in [1.29, 1.82) is 0 Å². The second-order valence-electron chi connectivity index (χ2n) is 4.81. The molecule has 0 saturated carbocycles. The van der Waals surface area contributed by atoms with Crippen LogP contribution in [0.5, 0.6) is 0 Å². The minimum Gasteiger partial charge on any atom is -0.335 e. The van der Waals surface area contributed by atoms with Crippen LogP contribution < -0.4 is 5.32 Å². The maximum Gasteiger partial charge on any atom is 0.237 e. The van der Waals surface area contributed by atoms with Crippen molar-refractivity contribution in [3.8, 4) is 0 Å². The molecule has 0 fully saturated rings. The summed E-state index contributed by atoms with van der Waals surface area (Å²) in [7, 11) is 1.82. The fourth-order valence-electron chi connectivity index (χ4n) is 2.35. The monoisotopic (exact) mass is 262 g/mol. The van der Waals surface area contributed by atoms with Gasteiger partial charge in [0.1, 0.15) is 0 Å². The van der Waals surface area contributed by atoms with Crippen molar-refractivity contribution >= 4 is 5.91 Å². The number of hydrogen-bond donors (Lipinski definition) is 1. The van der Waals surface area contributed by atoms with Crippen LogP contribution in [0.1, 0.15) is 44.7 Å². The lowest BCUT2D eigenvalue weighted by atomic mass is 10.0. The summed E-state index contributed by atoms with van der Waals surface area (Å²) in [6, 6.07) is 10.5. The highest BCUT2D eigenvalue weighted by Gasteiger charge is 2.22. The SMILES string of the molecule is CCCCN(C(=O)CNC)C(CC)c1ccccc1. The fraction of sp³-hybridized carbons (Fsp3) is 0.562. The Balaban J connectivity index is 2.89. The minimum atomic E-state index is 0.187. The second-order valence-corrected chi connectivity index (χ2v) is 4.81. The van der Waals surface area contributed by atoms with Crippen LogP contribution in [0.25, 0.3) is 0 Å². The Kier molecular flexibility index (Phi) is 7.19. The van der Waals surface area contributed by atoms with Gasteiger partial charge in [-0.3, -0.25) is 4.79 Å². The van der Waals surface area contributed by atoms with Crippen LogP contribution in [0.3, 0.4) is 0 Å². The van der Waals surface area contributed by atoms with Crippen molar-refractivity contribution in [3.05, 3.63) is 35.9 Å². The van der Waals surface area contributed by atoms with Crippen molar-refractivity contribution in [3.63, 3.8) is 0 Å². The predicted molar refractivity (Wildman–Crippen MR) is 80.0 cm³/mol. The highest BCUT2D eigenvalue weighted by atomic mass is 16.2. The Bertz CT molecular complexity index is 364. The summed E-state index contributed by atoms with van der Waals surface area (Å²) in [5, 5.41) is 2.96. The third-order valence-corrected chi connectivity index (χ3v) is 3.35. The average molecular weight is 262 g/mol. The molecule has 3 heteroatoms. The zero-order valence-corrected chi connectivity index (χ0v) is 12.4. The second kappa shape index (κ2) is 8.70. The molecule has 0 aromatic heterocycles. The van der Waals surface area contributed by atoms with E-state index in [2.05, 4.69) is 31.3 Å². The van der Waals surface area contributed by atoms with E-state index >= 15 is 0 Å². The lowest BCUT2D eigenvalue weighted by Gasteiger charge is -2.31.